The molecule has 0 saturated carbocycles. The van der Waals surface area contributed by atoms with Crippen molar-refractivity contribution < 1.29 is 0 Å². The molecule has 3 heterocycles. The highest BCUT2D eigenvalue weighted by atomic mass is 15.0. The van der Waals surface area contributed by atoms with Crippen molar-refractivity contribution in [2.24, 2.45) is 0 Å². The molecule has 0 unspecified atom stereocenters. The zero-order chi connectivity index (χ0) is 28.1. The molecule has 4 aromatic carbocycles. The molecule has 5 heteroatoms. The van der Waals surface area contributed by atoms with Gasteiger partial charge in [-0.15, -0.1) is 0 Å². The summed E-state index contributed by atoms with van der Waals surface area (Å²) in [7, 11) is 0. The van der Waals surface area contributed by atoms with Crippen LogP contribution in [0, 0.1) is 0 Å². The molecule has 0 aliphatic heterocycles. The Bertz CT molecular complexity index is 1880. The highest BCUT2D eigenvalue weighted by Crippen LogP contribution is 2.29. The summed E-state index contributed by atoms with van der Waals surface area (Å²) >= 11 is 0. The van der Waals surface area contributed by atoms with Crippen LogP contribution in [0.25, 0.3) is 67.8 Å². The van der Waals surface area contributed by atoms with Crippen LogP contribution < -0.4 is 0 Å². The van der Waals surface area contributed by atoms with Crippen molar-refractivity contribution in [3.63, 3.8) is 0 Å². The van der Waals surface area contributed by atoms with Crippen molar-refractivity contribution in [1.82, 2.24) is 24.9 Å². The highest BCUT2D eigenvalue weighted by Gasteiger charge is 2.13. The van der Waals surface area contributed by atoms with Gasteiger partial charge in [0.1, 0.15) is 0 Å². The maximum absolute atomic E-state index is 4.88. The molecule has 0 atom stereocenters. The molecule has 0 aliphatic rings. The van der Waals surface area contributed by atoms with Crippen LogP contribution >= 0.6 is 0 Å². The third-order valence-corrected chi connectivity index (χ3v) is 7.06. The SMILES string of the molecule is c1ccc(-c2nc(-c3ccccc3)nc(-c3cccc(-c4ccc(-c5ccc(-c6ccccn6)cn5)cc4)c3)n2)cc1. The van der Waals surface area contributed by atoms with Crippen molar-refractivity contribution in [1.29, 1.82) is 0 Å². The summed E-state index contributed by atoms with van der Waals surface area (Å²) < 4.78 is 0. The van der Waals surface area contributed by atoms with Gasteiger partial charge in [0, 0.05) is 40.2 Å². The summed E-state index contributed by atoms with van der Waals surface area (Å²) in [5.74, 6) is 1.94. The zero-order valence-electron chi connectivity index (χ0n) is 22.7. The van der Waals surface area contributed by atoms with Gasteiger partial charge in [-0.05, 0) is 41.5 Å². The van der Waals surface area contributed by atoms with E-state index in [1.165, 1.54) is 0 Å². The lowest BCUT2D eigenvalue weighted by molar-refractivity contribution is 1.07. The lowest BCUT2D eigenvalue weighted by Crippen LogP contribution is -2.00. The summed E-state index contributed by atoms with van der Waals surface area (Å²) in [6.07, 6.45) is 3.67. The predicted octanol–water partition coefficient (Wildman–Crippen LogP) is 8.66. The Kier molecular flexibility index (Phi) is 6.81. The van der Waals surface area contributed by atoms with E-state index in [1.807, 2.05) is 103 Å². The standard InChI is InChI=1S/C37H25N5/c1-3-10-28(11-4-1)35-40-36(29-12-5-2-6-13-29)42-37(41-35)31-15-9-14-30(24-31)26-17-19-27(20-18-26)34-22-21-32(25-39-34)33-16-7-8-23-38-33/h1-25H. The second kappa shape index (κ2) is 11.4. The van der Waals surface area contributed by atoms with E-state index in [9.17, 15) is 0 Å². The maximum atomic E-state index is 4.88. The van der Waals surface area contributed by atoms with E-state index in [-0.39, 0.29) is 0 Å². The monoisotopic (exact) mass is 539 g/mol. The van der Waals surface area contributed by atoms with Crippen LogP contribution in [0.4, 0.5) is 0 Å². The van der Waals surface area contributed by atoms with Crippen molar-refractivity contribution in [2.75, 3.05) is 0 Å². The smallest absolute Gasteiger partial charge is 0.164 e. The van der Waals surface area contributed by atoms with Gasteiger partial charge in [-0.2, -0.15) is 0 Å². The van der Waals surface area contributed by atoms with Gasteiger partial charge in [-0.3, -0.25) is 9.97 Å². The van der Waals surface area contributed by atoms with Gasteiger partial charge in [0.25, 0.3) is 0 Å². The first kappa shape index (κ1) is 25.2. The Balaban J connectivity index is 1.20. The van der Waals surface area contributed by atoms with Crippen LogP contribution in [0.15, 0.2) is 152 Å². The summed E-state index contributed by atoms with van der Waals surface area (Å²) in [5.41, 5.74) is 8.90. The van der Waals surface area contributed by atoms with E-state index in [0.29, 0.717) is 17.5 Å². The van der Waals surface area contributed by atoms with Gasteiger partial charge in [-0.25, -0.2) is 15.0 Å². The fourth-order valence-corrected chi connectivity index (χ4v) is 4.86. The molecule has 0 fully saturated rings. The summed E-state index contributed by atoms with van der Waals surface area (Å²) in [6, 6.07) is 46.8. The molecular formula is C37H25N5. The van der Waals surface area contributed by atoms with Crippen molar-refractivity contribution in [2.45, 2.75) is 0 Å². The number of rotatable bonds is 6. The van der Waals surface area contributed by atoms with E-state index in [0.717, 1.165) is 50.3 Å². The summed E-state index contributed by atoms with van der Waals surface area (Å²) in [6.45, 7) is 0. The van der Waals surface area contributed by atoms with Gasteiger partial charge in [-0.1, -0.05) is 109 Å². The summed E-state index contributed by atoms with van der Waals surface area (Å²) in [5, 5.41) is 0. The van der Waals surface area contributed by atoms with Gasteiger partial charge in [0.05, 0.1) is 11.4 Å². The summed E-state index contributed by atoms with van der Waals surface area (Å²) in [4.78, 5) is 23.7. The van der Waals surface area contributed by atoms with Crippen molar-refractivity contribution >= 4 is 0 Å². The number of hydrogen-bond donors (Lipinski definition) is 0. The number of nitrogens with zero attached hydrogens (tertiary/aromatic N) is 5. The Morgan fingerprint density at radius 1 is 0.310 bits per heavy atom. The van der Waals surface area contributed by atoms with E-state index >= 15 is 0 Å². The molecular weight excluding hydrogens is 514 g/mol. The molecule has 3 aromatic heterocycles. The molecule has 7 aromatic rings. The minimum absolute atomic E-state index is 0.637. The lowest BCUT2D eigenvalue weighted by atomic mass is 10.0. The molecule has 0 spiro atoms. The molecule has 0 amide bonds. The number of benzene rings is 4. The first-order valence-electron chi connectivity index (χ1n) is 13.8. The predicted molar refractivity (Wildman–Crippen MR) is 168 cm³/mol. The minimum atomic E-state index is 0.637. The first-order chi connectivity index (χ1) is 20.8. The number of aromatic nitrogens is 5. The van der Waals surface area contributed by atoms with Crippen LogP contribution in [0.3, 0.4) is 0 Å². The fraction of sp³-hybridized carbons (Fsp3) is 0. The number of pyridine rings is 2. The Morgan fingerprint density at radius 3 is 1.43 bits per heavy atom. The van der Waals surface area contributed by atoms with Crippen LogP contribution in [0.2, 0.25) is 0 Å². The molecule has 0 N–H and O–H groups in total. The molecule has 0 bridgehead atoms. The maximum Gasteiger partial charge on any atom is 0.164 e. The van der Waals surface area contributed by atoms with Gasteiger partial charge >= 0.3 is 0 Å². The van der Waals surface area contributed by atoms with Crippen LogP contribution in [0.1, 0.15) is 0 Å². The van der Waals surface area contributed by atoms with E-state index < -0.39 is 0 Å². The third-order valence-electron chi connectivity index (χ3n) is 7.06. The molecule has 0 aliphatic carbocycles. The minimum Gasteiger partial charge on any atom is -0.256 e. The second-order valence-electron chi connectivity index (χ2n) is 9.84. The topological polar surface area (TPSA) is 64.5 Å². The molecule has 5 nitrogen and oxygen atoms in total. The van der Waals surface area contributed by atoms with Crippen LogP contribution in [0.5, 0.6) is 0 Å². The van der Waals surface area contributed by atoms with Gasteiger partial charge in [0.2, 0.25) is 0 Å². The molecule has 0 radical (unpaired) electrons. The first-order valence-corrected chi connectivity index (χ1v) is 13.8. The largest absolute Gasteiger partial charge is 0.256 e. The zero-order valence-corrected chi connectivity index (χ0v) is 22.7. The Morgan fingerprint density at radius 2 is 0.833 bits per heavy atom. The molecule has 42 heavy (non-hydrogen) atoms. The Labute approximate surface area is 244 Å². The average Bonchev–Trinajstić information content (AvgIpc) is 3.09. The van der Waals surface area contributed by atoms with E-state index in [2.05, 4.69) is 52.4 Å². The normalized spacial score (nSPS) is 10.9. The molecule has 198 valence electrons. The highest BCUT2D eigenvalue weighted by molar-refractivity contribution is 5.74. The van der Waals surface area contributed by atoms with E-state index in [4.69, 9.17) is 15.0 Å². The second-order valence-corrected chi connectivity index (χ2v) is 9.84. The quantitative estimate of drug-likeness (QED) is 0.212. The van der Waals surface area contributed by atoms with Crippen LogP contribution in [-0.2, 0) is 0 Å². The van der Waals surface area contributed by atoms with Crippen LogP contribution in [-0.4, -0.2) is 24.9 Å². The lowest BCUT2D eigenvalue weighted by Gasteiger charge is -2.10. The third kappa shape index (κ3) is 5.31. The molecule has 0 saturated heterocycles. The van der Waals surface area contributed by atoms with Crippen molar-refractivity contribution in [3.8, 4) is 67.8 Å². The van der Waals surface area contributed by atoms with Crippen molar-refractivity contribution in [3.05, 3.63) is 152 Å². The Hall–Kier alpha value is -5.81. The van der Waals surface area contributed by atoms with Gasteiger partial charge < -0.3 is 0 Å². The average molecular weight is 540 g/mol. The molecule has 7 rings (SSSR count). The number of hydrogen-bond acceptors (Lipinski definition) is 5. The van der Waals surface area contributed by atoms with E-state index in [1.54, 1.807) is 6.20 Å². The van der Waals surface area contributed by atoms with Gasteiger partial charge in [0.15, 0.2) is 17.5 Å². The fourth-order valence-electron chi connectivity index (χ4n) is 4.86.